The Labute approximate surface area is 232 Å². The van der Waals surface area contributed by atoms with Gasteiger partial charge < -0.3 is 28.8 Å². The van der Waals surface area contributed by atoms with Crippen LogP contribution in [0.1, 0.15) is 58.8 Å². The summed E-state index contributed by atoms with van der Waals surface area (Å²) in [6, 6.07) is 17.7. The normalized spacial score (nSPS) is 11.7. The third kappa shape index (κ3) is 7.95. The number of methoxy groups -OCH3 is 2. The molecule has 0 saturated carbocycles. The predicted octanol–water partition coefficient (Wildman–Crippen LogP) is 4.31. The van der Waals surface area contributed by atoms with E-state index in [2.05, 4.69) is 5.32 Å². The number of amides is 1. The minimum Gasteiger partial charge on any atom is -0.482 e. The van der Waals surface area contributed by atoms with Crippen LogP contribution in [-0.2, 0) is 27.2 Å². The molecule has 2 aromatic carbocycles. The van der Waals surface area contributed by atoms with Crippen molar-refractivity contribution in [2.24, 2.45) is 0 Å². The Bertz CT molecular complexity index is 1380. The van der Waals surface area contributed by atoms with Crippen LogP contribution in [-0.4, -0.2) is 49.0 Å². The van der Waals surface area contributed by atoms with E-state index < -0.39 is 35.1 Å². The highest BCUT2D eigenvalue weighted by atomic mass is 16.6. The molecule has 0 aliphatic heterocycles. The van der Waals surface area contributed by atoms with Gasteiger partial charge in [-0.3, -0.25) is 4.79 Å². The third-order valence-corrected chi connectivity index (χ3v) is 5.79. The lowest BCUT2D eigenvalue weighted by atomic mass is 10.0. The van der Waals surface area contributed by atoms with E-state index in [1.54, 1.807) is 45.0 Å². The molecule has 1 N–H and O–H groups in total. The highest BCUT2D eigenvalue weighted by Crippen LogP contribution is 2.25. The van der Waals surface area contributed by atoms with E-state index in [0.717, 1.165) is 18.2 Å². The number of carbonyl (C=O) groups excluding carboxylic acids is 3. The van der Waals surface area contributed by atoms with E-state index >= 15 is 0 Å². The number of nitrogens with zero attached hydrogens (tertiary/aromatic N) is 1. The van der Waals surface area contributed by atoms with Gasteiger partial charge in [0.15, 0.2) is 11.4 Å². The van der Waals surface area contributed by atoms with Gasteiger partial charge in [0.1, 0.15) is 17.8 Å². The van der Waals surface area contributed by atoms with Crippen molar-refractivity contribution < 1.29 is 33.3 Å². The van der Waals surface area contributed by atoms with Crippen molar-refractivity contribution >= 4 is 18.0 Å². The summed E-state index contributed by atoms with van der Waals surface area (Å²) in [5, 5.41) is 2.73. The summed E-state index contributed by atoms with van der Waals surface area (Å²) in [5.41, 5.74) is -0.488. The highest BCUT2D eigenvalue weighted by Gasteiger charge is 2.30. The quantitative estimate of drug-likeness (QED) is 0.293. The van der Waals surface area contributed by atoms with Gasteiger partial charge in [-0.1, -0.05) is 60.7 Å². The second kappa shape index (κ2) is 13.5. The fraction of sp³-hybridized carbons (Fsp3) is 0.333. The molecule has 0 radical (unpaired) electrons. The molecule has 0 bridgehead atoms. The first kappa shape index (κ1) is 29.9. The summed E-state index contributed by atoms with van der Waals surface area (Å²) in [6.45, 7) is 5.15. The number of rotatable bonds is 10. The van der Waals surface area contributed by atoms with Crippen LogP contribution in [0.25, 0.3) is 0 Å². The van der Waals surface area contributed by atoms with Gasteiger partial charge in [0.2, 0.25) is 5.43 Å². The van der Waals surface area contributed by atoms with Gasteiger partial charge in [-0.05, 0) is 38.3 Å². The fourth-order valence-electron chi connectivity index (χ4n) is 3.98. The van der Waals surface area contributed by atoms with E-state index in [0.29, 0.717) is 6.42 Å². The molecule has 1 aromatic heterocycles. The molecule has 0 spiro atoms. The molecule has 0 aliphatic rings. The molecule has 0 saturated heterocycles. The maximum absolute atomic E-state index is 13.5. The maximum atomic E-state index is 13.5. The molecule has 212 valence electrons. The first-order valence-corrected chi connectivity index (χ1v) is 12.7. The zero-order chi connectivity index (χ0) is 29.3. The lowest BCUT2D eigenvalue weighted by Gasteiger charge is -2.27. The Kier molecular flexibility index (Phi) is 10.1. The van der Waals surface area contributed by atoms with Crippen molar-refractivity contribution in [3.8, 4) is 5.75 Å². The topological polar surface area (TPSA) is 122 Å². The molecule has 1 amide bonds. The van der Waals surface area contributed by atoms with Crippen LogP contribution in [0.2, 0.25) is 0 Å². The Morgan fingerprint density at radius 3 is 2.00 bits per heavy atom. The third-order valence-electron chi connectivity index (χ3n) is 5.79. The van der Waals surface area contributed by atoms with Crippen molar-refractivity contribution in [1.82, 2.24) is 9.88 Å². The summed E-state index contributed by atoms with van der Waals surface area (Å²) < 4.78 is 22.6. The minimum absolute atomic E-state index is 0.0184. The van der Waals surface area contributed by atoms with Crippen molar-refractivity contribution in [1.29, 1.82) is 0 Å². The molecule has 0 aliphatic carbocycles. The van der Waals surface area contributed by atoms with E-state index in [-0.39, 0.29) is 30.2 Å². The second-order valence-corrected chi connectivity index (χ2v) is 9.94. The molecular weight excluding hydrogens is 516 g/mol. The van der Waals surface area contributed by atoms with Crippen LogP contribution in [0.4, 0.5) is 4.79 Å². The van der Waals surface area contributed by atoms with Crippen LogP contribution in [0.3, 0.4) is 0 Å². The SMILES string of the molecule is COC(=O)c1cn(C(CNC(=O)OC(C)(C)C)Cc2ccccc2)c(C(=O)OC)c(OCc2ccccc2)c1=O. The monoisotopic (exact) mass is 550 g/mol. The van der Waals surface area contributed by atoms with Gasteiger partial charge in [0, 0.05) is 12.7 Å². The zero-order valence-corrected chi connectivity index (χ0v) is 23.3. The number of nitrogens with one attached hydrogen (secondary N) is 1. The van der Waals surface area contributed by atoms with Crippen molar-refractivity contribution in [2.45, 2.75) is 45.4 Å². The van der Waals surface area contributed by atoms with Crippen LogP contribution in [0.15, 0.2) is 71.7 Å². The molecule has 10 heteroatoms. The molecule has 3 aromatic rings. The minimum atomic E-state index is -0.904. The molecule has 40 heavy (non-hydrogen) atoms. The van der Waals surface area contributed by atoms with Gasteiger partial charge >= 0.3 is 18.0 Å². The summed E-state index contributed by atoms with van der Waals surface area (Å²) in [6.07, 6.45) is 0.877. The first-order chi connectivity index (χ1) is 19.0. The van der Waals surface area contributed by atoms with Crippen LogP contribution in [0.5, 0.6) is 5.75 Å². The zero-order valence-electron chi connectivity index (χ0n) is 23.3. The fourth-order valence-corrected chi connectivity index (χ4v) is 3.98. The van der Waals surface area contributed by atoms with E-state index in [9.17, 15) is 19.2 Å². The second-order valence-electron chi connectivity index (χ2n) is 9.94. The summed E-state index contributed by atoms with van der Waals surface area (Å²) >= 11 is 0. The Morgan fingerprint density at radius 1 is 0.875 bits per heavy atom. The largest absolute Gasteiger partial charge is 0.482 e. The van der Waals surface area contributed by atoms with Gasteiger partial charge in [0.25, 0.3) is 0 Å². The highest BCUT2D eigenvalue weighted by molar-refractivity contribution is 5.94. The van der Waals surface area contributed by atoms with Crippen LogP contribution in [0, 0.1) is 0 Å². The average Bonchev–Trinajstić information content (AvgIpc) is 2.93. The number of aromatic nitrogens is 1. The lowest BCUT2D eigenvalue weighted by molar-refractivity contribution is 0.0516. The van der Waals surface area contributed by atoms with Gasteiger partial charge in [-0.2, -0.15) is 0 Å². The molecule has 1 atom stereocenters. The average molecular weight is 551 g/mol. The van der Waals surface area contributed by atoms with E-state index in [1.807, 2.05) is 36.4 Å². The number of esters is 2. The van der Waals surface area contributed by atoms with Crippen molar-refractivity contribution in [3.05, 3.63) is 99.5 Å². The molecule has 3 rings (SSSR count). The summed E-state index contributed by atoms with van der Waals surface area (Å²) in [4.78, 5) is 51.8. The van der Waals surface area contributed by atoms with Gasteiger partial charge in [0.05, 0.1) is 20.3 Å². The van der Waals surface area contributed by atoms with Gasteiger partial charge in [-0.15, -0.1) is 0 Å². The smallest absolute Gasteiger partial charge is 0.407 e. The number of alkyl carbamates (subject to hydrolysis) is 1. The van der Waals surface area contributed by atoms with Crippen molar-refractivity contribution in [3.63, 3.8) is 0 Å². The molecule has 1 heterocycles. The molecule has 10 nitrogen and oxygen atoms in total. The number of hydrogen-bond acceptors (Lipinski definition) is 8. The molecule has 0 fully saturated rings. The number of hydrogen-bond donors (Lipinski definition) is 1. The Hall–Kier alpha value is -4.60. The number of pyridine rings is 1. The summed E-state index contributed by atoms with van der Waals surface area (Å²) in [7, 11) is 2.33. The predicted molar refractivity (Wildman–Crippen MR) is 148 cm³/mol. The molecular formula is C30H34N2O8. The maximum Gasteiger partial charge on any atom is 0.407 e. The summed E-state index contributed by atoms with van der Waals surface area (Å²) in [5.74, 6) is -2.13. The number of benzene rings is 2. The standard InChI is InChI=1S/C30H34N2O8/c1-30(2,3)40-29(36)31-17-22(16-20-12-8-6-9-13-20)32-18-23(27(34)37-4)25(33)26(24(32)28(35)38-5)39-19-21-14-10-7-11-15-21/h6-15,18,22H,16-17,19H2,1-5H3,(H,31,36). The Balaban J connectivity index is 2.17. The van der Waals surface area contributed by atoms with E-state index in [4.69, 9.17) is 18.9 Å². The van der Waals surface area contributed by atoms with Crippen LogP contribution < -0.4 is 15.5 Å². The molecule has 1 unspecified atom stereocenters. The van der Waals surface area contributed by atoms with Gasteiger partial charge in [-0.25, -0.2) is 14.4 Å². The Morgan fingerprint density at radius 2 is 1.45 bits per heavy atom. The number of carbonyl (C=O) groups is 3. The van der Waals surface area contributed by atoms with E-state index in [1.165, 1.54) is 17.9 Å². The lowest BCUT2D eigenvalue weighted by Crippen LogP contribution is -2.38. The van der Waals surface area contributed by atoms with Crippen molar-refractivity contribution in [2.75, 3.05) is 20.8 Å². The first-order valence-electron chi connectivity index (χ1n) is 12.7. The number of ether oxygens (including phenoxy) is 4. The van der Waals surface area contributed by atoms with Crippen LogP contribution >= 0.6 is 0 Å².